The molecule has 41 heavy (non-hydrogen) atoms. The highest BCUT2D eigenvalue weighted by atomic mass is 32.3. The zero-order valence-electron chi connectivity index (χ0n) is 24.2. The molecule has 0 atom stereocenters. The molecule has 0 bridgehead atoms. The van der Waals surface area contributed by atoms with E-state index in [0.29, 0.717) is 10.6 Å². The van der Waals surface area contributed by atoms with Gasteiger partial charge < -0.3 is 9.47 Å². The van der Waals surface area contributed by atoms with E-state index < -0.39 is 32.0 Å². The molecule has 4 aromatic carbocycles. The first-order valence-electron chi connectivity index (χ1n) is 13.3. The van der Waals surface area contributed by atoms with E-state index >= 15 is 0 Å². The molecule has 0 aliphatic rings. The summed E-state index contributed by atoms with van der Waals surface area (Å²) in [5.41, 5.74) is 2.46. The number of benzene rings is 4. The maximum atomic E-state index is 13.9. The molecule has 0 aromatic heterocycles. The molecule has 0 fully saturated rings. The maximum Gasteiger partial charge on any atom is 0.422 e. The Balaban J connectivity index is 1.83. The number of carbonyl (C=O) groups excluding carboxylic acids is 1. The summed E-state index contributed by atoms with van der Waals surface area (Å²) in [5, 5.41) is 0. The van der Waals surface area contributed by atoms with Gasteiger partial charge >= 0.3 is 16.1 Å². The molecule has 216 valence electrons. The predicted molar refractivity (Wildman–Crippen MR) is 164 cm³/mol. The van der Waals surface area contributed by atoms with Crippen LogP contribution in [0.5, 0.6) is 5.75 Å². The zero-order valence-corrected chi connectivity index (χ0v) is 25.9. The highest BCUT2D eigenvalue weighted by molar-refractivity contribution is 8.32. The van der Waals surface area contributed by atoms with Crippen LogP contribution >= 0.6 is 10.3 Å². The Morgan fingerprint density at radius 2 is 1.00 bits per heavy atom. The van der Waals surface area contributed by atoms with E-state index in [1.54, 1.807) is 57.2 Å². The lowest BCUT2D eigenvalue weighted by Gasteiger charge is -2.35. The zero-order chi connectivity index (χ0) is 29.8. The van der Waals surface area contributed by atoms with Crippen molar-refractivity contribution in [1.82, 2.24) is 0 Å². The summed E-state index contributed by atoms with van der Waals surface area (Å²) < 4.78 is 43.7. The Hall–Kier alpha value is -3.59. The normalized spacial score (nSPS) is 12.5. The largest absolute Gasteiger partial charge is 0.482 e. The Kier molecular flexibility index (Phi) is 8.97. The third-order valence-electron chi connectivity index (χ3n) is 6.19. The van der Waals surface area contributed by atoms with E-state index in [4.69, 9.17) is 13.1 Å². The lowest BCUT2D eigenvalue weighted by molar-refractivity contribution is -0.157. The van der Waals surface area contributed by atoms with E-state index in [2.05, 4.69) is 0 Å². The molecule has 0 saturated heterocycles. The molecule has 0 radical (unpaired) electrons. The van der Waals surface area contributed by atoms with Crippen molar-refractivity contribution in [3.8, 4) is 5.75 Å². The van der Waals surface area contributed by atoms with Gasteiger partial charge in [-0.1, -0.05) is 53.1 Å². The number of aryl methyl sites for hydroxylation is 3. The maximum absolute atomic E-state index is 13.9. The predicted octanol–water partition coefficient (Wildman–Crippen LogP) is 8.01. The van der Waals surface area contributed by atoms with Crippen LogP contribution in [0.2, 0.25) is 0 Å². The van der Waals surface area contributed by atoms with E-state index in [-0.39, 0.29) is 11.5 Å². The number of rotatable bonds is 9. The third kappa shape index (κ3) is 7.38. The molecule has 4 aromatic rings. The summed E-state index contributed by atoms with van der Waals surface area (Å²) in [5.74, 6) is -0.0119. The molecule has 1 N–H and O–H groups in total. The van der Waals surface area contributed by atoms with Crippen molar-refractivity contribution < 1.29 is 26.3 Å². The second kappa shape index (κ2) is 12.1. The highest BCUT2D eigenvalue weighted by Gasteiger charge is 2.43. The van der Waals surface area contributed by atoms with Gasteiger partial charge in [0.15, 0.2) is 6.61 Å². The van der Waals surface area contributed by atoms with Gasteiger partial charge in [-0.2, -0.15) is 0 Å². The van der Waals surface area contributed by atoms with Gasteiger partial charge in [0.25, 0.3) is 0 Å². The Morgan fingerprint density at radius 1 is 0.634 bits per heavy atom. The van der Waals surface area contributed by atoms with Crippen LogP contribution in [0.3, 0.4) is 0 Å². The minimum absolute atomic E-state index is 0.136. The van der Waals surface area contributed by atoms with Crippen molar-refractivity contribution >= 4 is 26.4 Å². The SMILES string of the molecule is Cc1ccc(S([OH+]S(=O)(=O)c2ccc(C)cc2)(c2ccc(C)cc2)c2ccc(OCC(=O)OC(C)(C)C)cc2)cc1. The van der Waals surface area contributed by atoms with Gasteiger partial charge in [0.2, 0.25) is 0 Å². The molecule has 0 spiro atoms. The van der Waals surface area contributed by atoms with Crippen LogP contribution in [0.1, 0.15) is 37.5 Å². The van der Waals surface area contributed by atoms with Crippen molar-refractivity contribution in [2.75, 3.05) is 6.61 Å². The Morgan fingerprint density at radius 3 is 1.39 bits per heavy atom. The van der Waals surface area contributed by atoms with E-state index in [1.165, 1.54) is 0 Å². The summed E-state index contributed by atoms with van der Waals surface area (Å²) in [7, 11) is -6.74. The van der Waals surface area contributed by atoms with E-state index in [1.807, 2.05) is 81.4 Å². The molecule has 0 saturated carbocycles. The molecule has 6 nitrogen and oxygen atoms in total. The van der Waals surface area contributed by atoms with E-state index in [9.17, 15) is 13.2 Å². The average molecular weight is 594 g/mol. The molecule has 0 heterocycles. The van der Waals surface area contributed by atoms with Gasteiger partial charge in [-0.25, -0.2) is 4.79 Å². The van der Waals surface area contributed by atoms with Crippen molar-refractivity contribution in [2.24, 2.45) is 0 Å². The van der Waals surface area contributed by atoms with Gasteiger partial charge in [0, 0.05) is 0 Å². The standard InChI is InChI=1S/C33H36O6S2/c1-24-7-15-28(16-8-24)40(29-17-9-25(2)10-18-29,39-41(35,36)31-19-11-26(3)12-20-31)30-21-13-27(14-22-30)37-23-32(34)38-33(4,5)6/h7-22H,23H2,1-6H3/p+1. The number of esters is 1. The summed E-state index contributed by atoms with van der Waals surface area (Å²) in [6.45, 7) is 11.0. The fraction of sp³-hybridized carbons (Fsp3) is 0.242. The van der Waals surface area contributed by atoms with Crippen LogP contribution < -0.4 is 4.74 Å². The topological polar surface area (TPSA) is 82.5 Å². The number of hydrogen-bond donors (Lipinski definition) is 0. The summed E-state index contributed by atoms with van der Waals surface area (Å²) >= 11 is 0. The molecule has 4 rings (SSSR count). The second-order valence-electron chi connectivity index (χ2n) is 10.9. The molecular weight excluding hydrogens is 556 g/mol. The Labute approximate surface area is 244 Å². The molecule has 0 unspecified atom stereocenters. The molecule has 8 heteroatoms. The van der Waals surface area contributed by atoms with Gasteiger partial charge in [0.1, 0.15) is 16.2 Å². The van der Waals surface area contributed by atoms with Gasteiger partial charge in [-0.05, 0) is 102 Å². The first-order valence-corrected chi connectivity index (χ1v) is 16.3. The second-order valence-corrected chi connectivity index (χ2v) is 15.5. The average Bonchev–Trinajstić information content (AvgIpc) is 2.91. The summed E-state index contributed by atoms with van der Waals surface area (Å²) in [4.78, 5) is 14.6. The summed E-state index contributed by atoms with van der Waals surface area (Å²) in [6, 6.07) is 29.5. The fourth-order valence-corrected chi connectivity index (χ4v) is 9.60. The number of ether oxygens (including phenoxy) is 2. The van der Waals surface area contributed by atoms with Crippen LogP contribution in [0, 0.1) is 20.8 Å². The van der Waals surface area contributed by atoms with Crippen LogP contribution in [-0.2, 0) is 19.6 Å². The molecule has 0 aliphatic heterocycles. The van der Waals surface area contributed by atoms with Crippen LogP contribution in [-0.4, -0.2) is 30.2 Å². The lowest BCUT2D eigenvalue weighted by atomic mass is 10.2. The molecule has 0 amide bonds. The van der Waals surface area contributed by atoms with Gasteiger partial charge in [-0.3, -0.25) is 3.63 Å². The summed E-state index contributed by atoms with van der Waals surface area (Å²) in [6.07, 6.45) is 0. The first-order chi connectivity index (χ1) is 19.3. The monoisotopic (exact) mass is 593 g/mol. The number of hydrogen-bond acceptors (Lipinski definition) is 5. The smallest absolute Gasteiger partial charge is 0.422 e. The minimum Gasteiger partial charge on any atom is -0.482 e. The lowest BCUT2D eigenvalue weighted by Crippen LogP contribution is -2.27. The third-order valence-corrected chi connectivity index (χ3v) is 11.6. The van der Waals surface area contributed by atoms with Gasteiger partial charge in [0.05, 0.1) is 25.0 Å². The van der Waals surface area contributed by atoms with Crippen molar-refractivity contribution in [2.45, 2.75) is 66.7 Å². The van der Waals surface area contributed by atoms with Crippen LogP contribution in [0.15, 0.2) is 117 Å². The highest BCUT2D eigenvalue weighted by Crippen LogP contribution is 2.68. The fourth-order valence-electron chi connectivity index (χ4n) is 4.15. The quantitative estimate of drug-likeness (QED) is 0.112. The Bertz CT molecular complexity index is 1540. The van der Waals surface area contributed by atoms with E-state index in [0.717, 1.165) is 26.5 Å². The van der Waals surface area contributed by atoms with Crippen LogP contribution in [0.25, 0.3) is 0 Å². The van der Waals surface area contributed by atoms with Crippen LogP contribution in [0.4, 0.5) is 0 Å². The molecular formula is C33H37O6S2+. The van der Waals surface area contributed by atoms with Crippen molar-refractivity contribution in [3.05, 3.63) is 114 Å². The molecule has 0 aliphatic carbocycles. The van der Waals surface area contributed by atoms with Crippen molar-refractivity contribution in [3.63, 3.8) is 0 Å². The first kappa shape index (κ1) is 30.4. The van der Waals surface area contributed by atoms with Crippen molar-refractivity contribution in [1.29, 1.82) is 0 Å². The number of carbonyl (C=O) groups is 1. The van der Waals surface area contributed by atoms with Gasteiger partial charge in [-0.15, -0.1) is 8.42 Å². The minimum atomic E-state index is -4.08.